The maximum absolute atomic E-state index is 13.1. The van der Waals surface area contributed by atoms with Gasteiger partial charge >= 0.3 is 0 Å². The first kappa shape index (κ1) is 12.4. The number of hydrogen-bond acceptors (Lipinski definition) is 2. The molecule has 1 aromatic carbocycles. The zero-order valence-electron chi connectivity index (χ0n) is 9.98. The minimum absolute atomic E-state index is 0.0751. The van der Waals surface area contributed by atoms with Crippen molar-refractivity contribution in [2.24, 2.45) is 0 Å². The van der Waals surface area contributed by atoms with Gasteiger partial charge in [0.25, 0.3) is 5.56 Å². The van der Waals surface area contributed by atoms with Crippen LogP contribution in [0.2, 0.25) is 0 Å². The average molecular weight is 324 g/mol. The van der Waals surface area contributed by atoms with Crippen molar-refractivity contribution in [3.63, 3.8) is 0 Å². The van der Waals surface area contributed by atoms with E-state index in [9.17, 15) is 9.18 Å². The minimum atomic E-state index is -0.261. The van der Waals surface area contributed by atoms with Gasteiger partial charge in [-0.3, -0.25) is 4.79 Å². The molecule has 0 spiro atoms. The minimum Gasteiger partial charge on any atom is -0.488 e. The van der Waals surface area contributed by atoms with Crippen molar-refractivity contribution in [2.75, 3.05) is 0 Å². The first-order valence-electron chi connectivity index (χ1n) is 5.93. The molecule has 1 atom stereocenters. The Hall–Kier alpha value is -1.62. The first-order chi connectivity index (χ1) is 9.11. The van der Waals surface area contributed by atoms with E-state index in [0.29, 0.717) is 18.7 Å². The number of pyridine rings is 1. The predicted octanol–water partition coefficient (Wildman–Crippen LogP) is 2.75. The molecule has 3 rings (SSSR count). The van der Waals surface area contributed by atoms with Crippen LogP contribution in [0.4, 0.5) is 4.39 Å². The van der Waals surface area contributed by atoms with E-state index in [1.165, 1.54) is 18.2 Å². The first-order valence-corrected chi connectivity index (χ1v) is 6.72. The van der Waals surface area contributed by atoms with Crippen molar-refractivity contribution < 1.29 is 9.13 Å². The number of ether oxygens (including phenoxy) is 1. The van der Waals surface area contributed by atoms with Crippen LogP contribution in [0.1, 0.15) is 5.56 Å². The molecular formula is C14H11BrFNO2. The molecule has 0 saturated carbocycles. The van der Waals surface area contributed by atoms with Gasteiger partial charge in [0.15, 0.2) is 0 Å². The molecule has 0 saturated heterocycles. The number of hydrogen-bond donors (Lipinski definition) is 0. The maximum atomic E-state index is 13.1. The highest BCUT2D eigenvalue weighted by atomic mass is 79.9. The van der Waals surface area contributed by atoms with Crippen LogP contribution in [0.15, 0.2) is 45.8 Å². The number of fused-ring (bicyclic) bond motifs is 1. The predicted molar refractivity (Wildman–Crippen MR) is 72.9 cm³/mol. The van der Waals surface area contributed by atoms with Crippen LogP contribution >= 0.6 is 15.9 Å². The van der Waals surface area contributed by atoms with E-state index in [0.717, 1.165) is 10.0 Å². The molecule has 2 aromatic rings. The topological polar surface area (TPSA) is 31.2 Å². The number of rotatable bonds is 2. The Bertz CT molecular complexity index is 683. The molecule has 0 N–H and O–H groups in total. The molecule has 0 bridgehead atoms. The fourth-order valence-corrected chi connectivity index (χ4v) is 2.63. The van der Waals surface area contributed by atoms with E-state index in [4.69, 9.17) is 4.74 Å². The Morgan fingerprint density at radius 3 is 3.05 bits per heavy atom. The second kappa shape index (κ2) is 4.81. The number of aromatic nitrogens is 1. The van der Waals surface area contributed by atoms with Gasteiger partial charge in [0.05, 0.1) is 6.54 Å². The van der Waals surface area contributed by atoms with E-state index < -0.39 is 0 Å². The number of benzene rings is 1. The van der Waals surface area contributed by atoms with E-state index in [2.05, 4.69) is 15.9 Å². The van der Waals surface area contributed by atoms with Gasteiger partial charge in [-0.15, -0.1) is 0 Å². The lowest BCUT2D eigenvalue weighted by Gasteiger charge is -2.12. The quantitative estimate of drug-likeness (QED) is 0.851. The molecule has 3 nitrogen and oxygen atoms in total. The van der Waals surface area contributed by atoms with Crippen molar-refractivity contribution in [1.82, 2.24) is 4.57 Å². The highest BCUT2D eigenvalue weighted by molar-refractivity contribution is 9.10. The van der Waals surface area contributed by atoms with Crippen molar-refractivity contribution in [2.45, 2.75) is 19.1 Å². The molecule has 1 aromatic heterocycles. The zero-order valence-corrected chi connectivity index (χ0v) is 11.6. The monoisotopic (exact) mass is 323 g/mol. The normalized spacial score (nSPS) is 17.1. The summed E-state index contributed by atoms with van der Waals surface area (Å²) >= 11 is 3.33. The molecule has 2 heterocycles. The molecule has 0 radical (unpaired) electrons. The van der Waals surface area contributed by atoms with E-state index in [1.807, 2.05) is 0 Å². The third kappa shape index (κ3) is 2.56. The molecule has 0 amide bonds. The van der Waals surface area contributed by atoms with Crippen LogP contribution in [0.5, 0.6) is 5.75 Å². The Morgan fingerprint density at radius 2 is 2.21 bits per heavy atom. The summed E-state index contributed by atoms with van der Waals surface area (Å²) in [5.74, 6) is 0.442. The standard InChI is InChI=1S/C14H11BrFNO2/c15-10-1-4-14(18)17(7-10)8-12-6-9-5-11(16)2-3-13(9)19-12/h1-5,7,12H,6,8H2. The summed E-state index contributed by atoms with van der Waals surface area (Å²) in [4.78, 5) is 11.7. The molecule has 1 aliphatic rings. The summed E-state index contributed by atoms with van der Waals surface area (Å²) in [7, 11) is 0. The Balaban J connectivity index is 1.80. The number of nitrogens with zero attached hydrogens (tertiary/aromatic N) is 1. The molecule has 0 fully saturated rings. The van der Waals surface area contributed by atoms with Gasteiger partial charge in [-0.25, -0.2) is 4.39 Å². The van der Waals surface area contributed by atoms with Gasteiger partial charge in [-0.1, -0.05) is 0 Å². The third-order valence-electron chi connectivity index (χ3n) is 3.11. The highest BCUT2D eigenvalue weighted by Gasteiger charge is 2.23. The van der Waals surface area contributed by atoms with Crippen LogP contribution in [-0.2, 0) is 13.0 Å². The zero-order chi connectivity index (χ0) is 13.4. The van der Waals surface area contributed by atoms with Crippen molar-refractivity contribution in [3.05, 3.63) is 62.7 Å². The molecule has 0 aliphatic carbocycles. The molecule has 98 valence electrons. The SMILES string of the molecule is O=c1ccc(Br)cn1CC1Cc2cc(F)ccc2O1. The second-order valence-electron chi connectivity index (χ2n) is 4.53. The van der Waals surface area contributed by atoms with Gasteiger partial charge < -0.3 is 9.30 Å². The molecule has 1 unspecified atom stereocenters. The molecular weight excluding hydrogens is 313 g/mol. The van der Waals surface area contributed by atoms with Gasteiger partial charge in [0.2, 0.25) is 0 Å². The smallest absolute Gasteiger partial charge is 0.250 e. The summed E-state index contributed by atoms with van der Waals surface area (Å²) in [5.41, 5.74) is 0.780. The van der Waals surface area contributed by atoms with E-state index >= 15 is 0 Å². The van der Waals surface area contributed by atoms with Gasteiger partial charge in [-0.05, 0) is 40.2 Å². The largest absolute Gasteiger partial charge is 0.488 e. The fraction of sp³-hybridized carbons (Fsp3) is 0.214. The van der Waals surface area contributed by atoms with Crippen LogP contribution < -0.4 is 10.3 Å². The Labute approximate surface area is 117 Å². The van der Waals surface area contributed by atoms with Gasteiger partial charge in [-0.2, -0.15) is 0 Å². The van der Waals surface area contributed by atoms with Crippen LogP contribution in [-0.4, -0.2) is 10.7 Å². The molecule has 1 aliphatic heterocycles. The summed E-state index contributed by atoms with van der Waals surface area (Å²) in [6.45, 7) is 0.453. The highest BCUT2D eigenvalue weighted by Crippen LogP contribution is 2.29. The maximum Gasteiger partial charge on any atom is 0.250 e. The lowest BCUT2D eigenvalue weighted by Crippen LogP contribution is -2.28. The fourth-order valence-electron chi connectivity index (χ4n) is 2.26. The van der Waals surface area contributed by atoms with Crippen molar-refractivity contribution in [3.8, 4) is 5.75 Å². The van der Waals surface area contributed by atoms with Gasteiger partial charge in [0, 0.05) is 28.7 Å². The van der Waals surface area contributed by atoms with E-state index in [1.54, 1.807) is 22.9 Å². The third-order valence-corrected chi connectivity index (χ3v) is 3.58. The van der Waals surface area contributed by atoms with Gasteiger partial charge in [0.1, 0.15) is 17.7 Å². The average Bonchev–Trinajstić information content (AvgIpc) is 2.75. The van der Waals surface area contributed by atoms with Crippen molar-refractivity contribution in [1.29, 1.82) is 0 Å². The van der Waals surface area contributed by atoms with Crippen molar-refractivity contribution >= 4 is 15.9 Å². The lowest BCUT2D eigenvalue weighted by atomic mass is 10.1. The lowest BCUT2D eigenvalue weighted by molar-refractivity contribution is 0.207. The molecule has 5 heteroatoms. The summed E-state index contributed by atoms with van der Waals surface area (Å²) < 4.78 is 21.3. The van der Waals surface area contributed by atoms with Crippen LogP contribution in [0, 0.1) is 5.82 Å². The summed E-state index contributed by atoms with van der Waals surface area (Å²) in [5, 5.41) is 0. The second-order valence-corrected chi connectivity index (χ2v) is 5.45. The summed E-state index contributed by atoms with van der Waals surface area (Å²) in [6.07, 6.45) is 2.21. The van der Waals surface area contributed by atoms with E-state index in [-0.39, 0.29) is 17.5 Å². The number of halogens is 2. The summed E-state index contributed by atoms with van der Waals surface area (Å²) in [6, 6.07) is 7.71. The Kier molecular flexibility index (Phi) is 3.14. The Morgan fingerprint density at radius 1 is 1.37 bits per heavy atom. The van der Waals surface area contributed by atoms with Crippen LogP contribution in [0.3, 0.4) is 0 Å². The van der Waals surface area contributed by atoms with Crippen LogP contribution in [0.25, 0.3) is 0 Å². The molecule has 19 heavy (non-hydrogen) atoms.